The van der Waals surface area contributed by atoms with E-state index in [1.165, 1.54) is 27.8 Å². The minimum absolute atomic E-state index is 1.08. The number of anilines is 2. The molecule has 0 aromatic heterocycles. The molecule has 136 valence electrons. The monoisotopic (exact) mass is 361 g/mol. The lowest BCUT2D eigenvalue weighted by molar-refractivity contribution is 1.45. The van der Waals surface area contributed by atoms with Crippen molar-refractivity contribution in [3.8, 4) is 0 Å². The maximum absolute atomic E-state index is 3.43. The lowest BCUT2D eigenvalue weighted by Crippen LogP contribution is -1.90. The highest BCUT2D eigenvalue weighted by atomic mass is 14.9. The van der Waals surface area contributed by atoms with E-state index in [4.69, 9.17) is 0 Å². The Balaban J connectivity index is 1.65. The minimum Gasteiger partial charge on any atom is -0.356 e. The number of nitrogens with one attached hydrogen (secondary N) is 1. The highest BCUT2D eigenvalue weighted by Crippen LogP contribution is 2.27. The van der Waals surface area contributed by atoms with Crippen LogP contribution < -0.4 is 5.32 Å². The molecular formula is C27H23N. The average Bonchev–Trinajstić information content (AvgIpc) is 2.75. The number of aryl methyl sites for hydroxylation is 1. The van der Waals surface area contributed by atoms with E-state index in [1.54, 1.807) is 0 Å². The van der Waals surface area contributed by atoms with E-state index in [2.05, 4.69) is 109 Å². The Labute approximate surface area is 167 Å². The largest absolute Gasteiger partial charge is 0.356 e. The first-order chi connectivity index (χ1) is 13.8. The van der Waals surface area contributed by atoms with Crippen molar-refractivity contribution >= 4 is 23.0 Å². The van der Waals surface area contributed by atoms with Crippen LogP contribution in [0, 0.1) is 6.92 Å². The number of hydrogen-bond donors (Lipinski definition) is 1. The summed E-state index contributed by atoms with van der Waals surface area (Å²) in [6, 6.07) is 38.1. The summed E-state index contributed by atoms with van der Waals surface area (Å²) in [6.45, 7) is 2.12. The van der Waals surface area contributed by atoms with E-state index < -0.39 is 0 Å². The molecule has 1 N–H and O–H groups in total. The zero-order valence-electron chi connectivity index (χ0n) is 16.0. The maximum atomic E-state index is 3.43. The van der Waals surface area contributed by atoms with Gasteiger partial charge in [0.1, 0.15) is 0 Å². The summed E-state index contributed by atoms with van der Waals surface area (Å²) in [4.78, 5) is 0. The van der Waals surface area contributed by atoms with Gasteiger partial charge < -0.3 is 5.32 Å². The lowest BCUT2D eigenvalue weighted by Gasteiger charge is -2.10. The van der Waals surface area contributed by atoms with E-state index >= 15 is 0 Å². The Morgan fingerprint density at radius 2 is 1.11 bits per heavy atom. The normalized spacial score (nSPS) is 11.2. The SMILES string of the molecule is Cc1ccc(C(=Cc2ccc(Nc3ccccc3)cc2)c2ccccc2)cc1. The van der Waals surface area contributed by atoms with Crippen molar-refractivity contribution in [3.63, 3.8) is 0 Å². The summed E-state index contributed by atoms with van der Waals surface area (Å²) in [6.07, 6.45) is 2.26. The summed E-state index contributed by atoms with van der Waals surface area (Å²) in [7, 11) is 0. The van der Waals surface area contributed by atoms with Crippen molar-refractivity contribution < 1.29 is 0 Å². The van der Waals surface area contributed by atoms with Crippen molar-refractivity contribution in [1.29, 1.82) is 0 Å². The summed E-state index contributed by atoms with van der Waals surface area (Å²) in [5.74, 6) is 0. The lowest BCUT2D eigenvalue weighted by atomic mass is 9.95. The van der Waals surface area contributed by atoms with Crippen molar-refractivity contribution in [2.45, 2.75) is 6.92 Å². The van der Waals surface area contributed by atoms with Gasteiger partial charge in [0.15, 0.2) is 0 Å². The molecule has 4 aromatic rings. The molecular weight excluding hydrogens is 338 g/mol. The zero-order valence-corrected chi connectivity index (χ0v) is 16.0. The highest BCUT2D eigenvalue weighted by Gasteiger charge is 2.05. The number of rotatable bonds is 5. The molecule has 4 rings (SSSR count). The maximum Gasteiger partial charge on any atom is 0.0384 e. The fourth-order valence-corrected chi connectivity index (χ4v) is 3.20. The molecule has 0 atom stereocenters. The number of hydrogen-bond acceptors (Lipinski definition) is 1. The predicted molar refractivity (Wildman–Crippen MR) is 121 cm³/mol. The molecule has 0 fully saturated rings. The van der Waals surface area contributed by atoms with Crippen molar-refractivity contribution in [3.05, 3.63) is 131 Å². The first kappa shape index (κ1) is 17.8. The average molecular weight is 361 g/mol. The number of para-hydroxylation sites is 1. The van der Waals surface area contributed by atoms with Gasteiger partial charge in [0, 0.05) is 11.4 Å². The van der Waals surface area contributed by atoms with Gasteiger partial charge in [0.05, 0.1) is 0 Å². The fraction of sp³-hybridized carbons (Fsp3) is 0.0370. The number of benzene rings is 4. The molecule has 0 saturated carbocycles. The van der Waals surface area contributed by atoms with E-state index in [0.29, 0.717) is 0 Å². The predicted octanol–water partition coefficient (Wildman–Crippen LogP) is 7.33. The quantitative estimate of drug-likeness (QED) is 0.367. The second-order valence-electron chi connectivity index (χ2n) is 6.90. The molecule has 1 heteroatoms. The molecule has 0 unspecified atom stereocenters. The highest BCUT2D eigenvalue weighted by molar-refractivity contribution is 5.91. The van der Waals surface area contributed by atoms with Gasteiger partial charge in [-0.25, -0.2) is 0 Å². The van der Waals surface area contributed by atoms with Crippen molar-refractivity contribution in [1.82, 2.24) is 0 Å². The minimum atomic E-state index is 1.08. The van der Waals surface area contributed by atoms with Gasteiger partial charge in [-0.15, -0.1) is 0 Å². The van der Waals surface area contributed by atoms with Crippen LogP contribution in [0.15, 0.2) is 109 Å². The molecule has 0 aliphatic heterocycles. The van der Waals surface area contributed by atoms with E-state index in [9.17, 15) is 0 Å². The first-order valence-corrected chi connectivity index (χ1v) is 9.54. The molecule has 0 spiro atoms. The van der Waals surface area contributed by atoms with Gasteiger partial charge in [-0.2, -0.15) is 0 Å². The standard InChI is InChI=1S/C27H23N/c1-21-12-16-24(17-13-21)27(23-8-4-2-5-9-23)20-22-14-18-26(19-15-22)28-25-10-6-3-7-11-25/h2-20,28H,1H3. The first-order valence-electron chi connectivity index (χ1n) is 9.54. The van der Waals surface area contributed by atoms with Crippen LogP contribution in [-0.4, -0.2) is 0 Å². The van der Waals surface area contributed by atoms with Gasteiger partial charge in [0.2, 0.25) is 0 Å². The van der Waals surface area contributed by atoms with Crippen LogP contribution in [0.4, 0.5) is 11.4 Å². The van der Waals surface area contributed by atoms with Crippen LogP contribution in [0.5, 0.6) is 0 Å². The molecule has 1 nitrogen and oxygen atoms in total. The summed E-state index contributed by atoms with van der Waals surface area (Å²) >= 11 is 0. The third-order valence-electron chi connectivity index (χ3n) is 4.73. The van der Waals surface area contributed by atoms with Crippen LogP contribution in [0.2, 0.25) is 0 Å². The van der Waals surface area contributed by atoms with E-state index in [0.717, 1.165) is 11.4 Å². The van der Waals surface area contributed by atoms with Crippen LogP contribution in [0.25, 0.3) is 11.6 Å². The molecule has 28 heavy (non-hydrogen) atoms. The molecule has 4 aromatic carbocycles. The Hall–Kier alpha value is -3.58. The second kappa shape index (κ2) is 8.41. The summed E-state index contributed by atoms with van der Waals surface area (Å²) in [5.41, 5.74) is 8.30. The van der Waals surface area contributed by atoms with Gasteiger partial charge in [-0.3, -0.25) is 0 Å². The topological polar surface area (TPSA) is 12.0 Å². The summed E-state index contributed by atoms with van der Waals surface area (Å²) < 4.78 is 0. The summed E-state index contributed by atoms with van der Waals surface area (Å²) in [5, 5.41) is 3.43. The molecule has 0 amide bonds. The molecule has 0 heterocycles. The Bertz CT molecular complexity index is 1040. The van der Waals surface area contributed by atoms with Crippen LogP contribution >= 0.6 is 0 Å². The van der Waals surface area contributed by atoms with Gasteiger partial charge in [-0.1, -0.05) is 90.5 Å². The van der Waals surface area contributed by atoms with Crippen LogP contribution in [0.1, 0.15) is 22.3 Å². The third kappa shape index (κ3) is 4.39. The molecule has 0 bridgehead atoms. The van der Waals surface area contributed by atoms with E-state index in [-0.39, 0.29) is 0 Å². The van der Waals surface area contributed by atoms with Gasteiger partial charge in [0.25, 0.3) is 0 Å². The Morgan fingerprint density at radius 3 is 1.75 bits per heavy atom. The molecule has 0 aliphatic carbocycles. The molecule has 0 saturated heterocycles. The van der Waals surface area contributed by atoms with Crippen LogP contribution in [0.3, 0.4) is 0 Å². The van der Waals surface area contributed by atoms with Crippen molar-refractivity contribution in [2.75, 3.05) is 5.32 Å². The van der Waals surface area contributed by atoms with Gasteiger partial charge in [-0.05, 0) is 59.5 Å². The smallest absolute Gasteiger partial charge is 0.0384 e. The fourth-order valence-electron chi connectivity index (χ4n) is 3.20. The zero-order chi connectivity index (χ0) is 19.2. The van der Waals surface area contributed by atoms with Gasteiger partial charge >= 0.3 is 0 Å². The van der Waals surface area contributed by atoms with Crippen LogP contribution in [-0.2, 0) is 0 Å². The Morgan fingerprint density at radius 1 is 0.571 bits per heavy atom. The molecule has 0 aliphatic rings. The Kier molecular flexibility index (Phi) is 5.35. The van der Waals surface area contributed by atoms with Crippen molar-refractivity contribution in [2.24, 2.45) is 0 Å². The molecule has 0 radical (unpaired) electrons. The van der Waals surface area contributed by atoms with E-state index in [1.807, 2.05) is 18.2 Å². The second-order valence-corrected chi connectivity index (χ2v) is 6.90. The third-order valence-corrected chi connectivity index (χ3v) is 4.73.